The van der Waals surface area contributed by atoms with Gasteiger partial charge in [-0.25, -0.2) is 8.42 Å². The molecule has 4 nitrogen and oxygen atoms in total. The molecule has 0 amide bonds. The largest absolute Gasteiger partial charge is 0.491 e. The minimum Gasteiger partial charge on any atom is -0.491 e. The van der Waals surface area contributed by atoms with Crippen molar-refractivity contribution in [2.45, 2.75) is 32.5 Å². The van der Waals surface area contributed by atoms with Crippen molar-refractivity contribution in [3.63, 3.8) is 0 Å². The highest BCUT2D eigenvalue weighted by molar-refractivity contribution is 7.91. The van der Waals surface area contributed by atoms with Gasteiger partial charge < -0.3 is 9.84 Å². The molecule has 2 atom stereocenters. The fourth-order valence-corrected chi connectivity index (χ4v) is 4.24. The fourth-order valence-electron chi connectivity index (χ4n) is 2.41. The van der Waals surface area contributed by atoms with Crippen LogP contribution in [-0.2, 0) is 9.84 Å². The van der Waals surface area contributed by atoms with Crippen molar-refractivity contribution in [3.8, 4) is 5.75 Å². The Balaban J connectivity index is 2.22. The van der Waals surface area contributed by atoms with Gasteiger partial charge in [-0.15, -0.1) is 0 Å². The number of rotatable bonds is 4. The van der Waals surface area contributed by atoms with Crippen LogP contribution in [0.3, 0.4) is 0 Å². The summed E-state index contributed by atoms with van der Waals surface area (Å²) in [6.07, 6.45) is -0.257. The number of sulfone groups is 1. The molecule has 1 heterocycles. The van der Waals surface area contributed by atoms with E-state index in [9.17, 15) is 13.5 Å². The Morgan fingerprint density at radius 3 is 2.58 bits per heavy atom. The van der Waals surface area contributed by atoms with Gasteiger partial charge in [0.25, 0.3) is 0 Å². The van der Waals surface area contributed by atoms with Gasteiger partial charge in [0, 0.05) is 11.5 Å². The maximum Gasteiger partial charge on any atom is 0.150 e. The lowest BCUT2D eigenvalue weighted by Crippen LogP contribution is -2.16. The first-order valence-electron chi connectivity index (χ1n) is 6.53. The van der Waals surface area contributed by atoms with Gasteiger partial charge in [0.15, 0.2) is 9.84 Å². The average molecular weight is 284 g/mol. The van der Waals surface area contributed by atoms with Crippen LogP contribution in [0.15, 0.2) is 24.3 Å². The first-order chi connectivity index (χ1) is 8.89. The third kappa shape index (κ3) is 3.48. The number of ether oxygens (including phenoxy) is 1. The molecule has 0 saturated carbocycles. The van der Waals surface area contributed by atoms with E-state index in [1.165, 1.54) is 0 Å². The summed E-state index contributed by atoms with van der Waals surface area (Å²) in [6, 6.07) is 7.28. The van der Waals surface area contributed by atoms with Crippen LogP contribution in [0.4, 0.5) is 0 Å². The summed E-state index contributed by atoms with van der Waals surface area (Å²) in [6.45, 7) is 3.84. The summed E-state index contributed by atoms with van der Waals surface area (Å²) in [4.78, 5) is 0. The molecule has 106 valence electrons. The first kappa shape index (κ1) is 14.3. The number of hydrogen-bond donors (Lipinski definition) is 1. The summed E-state index contributed by atoms with van der Waals surface area (Å²) in [5.74, 6) is 0.628. The molecule has 5 heteroatoms. The van der Waals surface area contributed by atoms with E-state index in [1.54, 1.807) is 6.07 Å². The summed E-state index contributed by atoms with van der Waals surface area (Å²) < 4.78 is 28.7. The summed E-state index contributed by atoms with van der Waals surface area (Å²) in [7, 11) is -2.99. The monoisotopic (exact) mass is 284 g/mol. The molecule has 19 heavy (non-hydrogen) atoms. The van der Waals surface area contributed by atoms with Crippen LogP contribution in [0.5, 0.6) is 5.75 Å². The van der Waals surface area contributed by atoms with E-state index in [0.717, 1.165) is 0 Å². The zero-order chi connectivity index (χ0) is 14.0. The van der Waals surface area contributed by atoms with E-state index >= 15 is 0 Å². The zero-order valence-corrected chi connectivity index (χ0v) is 12.1. The van der Waals surface area contributed by atoms with Crippen molar-refractivity contribution >= 4 is 9.84 Å². The van der Waals surface area contributed by atoms with Crippen molar-refractivity contribution < 1.29 is 18.3 Å². The molecule has 0 bridgehead atoms. The van der Waals surface area contributed by atoms with Gasteiger partial charge in [-0.1, -0.05) is 18.2 Å². The van der Waals surface area contributed by atoms with Crippen LogP contribution < -0.4 is 4.74 Å². The van der Waals surface area contributed by atoms with Crippen LogP contribution in [-0.4, -0.2) is 31.1 Å². The Morgan fingerprint density at radius 1 is 1.32 bits per heavy atom. The van der Waals surface area contributed by atoms with Crippen molar-refractivity contribution in [2.75, 3.05) is 11.5 Å². The Hall–Kier alpha value is -1.07. The molecule has 1 aliphatic rings. The highest BCUT2D eigenvalue weighted by atomic mass is 32.2. The van der Waals surface area contributed by atoms with Gasteiger partial charge in [-0.2, -0.15) is 0 Å². The van der Waals surface area contributed by atoms with E-state index in [1.807, 2.05) is 32.0 Å². The third-order valence-electron chi connectivity index (χ3n) is 3.31. The van der Waals surface area contributed by atoms with Crippen molar-refractivity contribution in [2.24, 2.45) is 5.92 Å². The van der Waals surface area contributed by atoms with Crippen LogP contribution in [0, 0.1) is 5.92 Å². The number of para-hydroxylation sites is 1. The lowest BCUT2D eigenvalue weighted by Gasteiger charge is -2.21. The second-order valence-electron chi connectivity index (χ2n) is 5.31. The fraction of sp³-hybridized carbons (Fsp3) is 0.571. The highest BCUT2D eigenvalue weighted by Crippen LogP contribution is 2.35. The molecular weight excluding hydrogens is 264 g/mol. The maximum atomic E-state index is 11.5. The lowest BCUT2D eigenvalue weighted by atomic mass is 9.94. The average Bonchev–Trinajstić information content (AvgIpc) is 2.69. The van der Waals surface area contributed by atoms with E-state index in [4.69, 9.17) is 4.74 Å². The molecule has 0 aromatic heterocycles. The predicted octanol–water partition coefficient (Wildman–Crippen LogP) is 1.94. The molecule has 1 N–H and O–H groups in total. The number of hydrogen-bond acceptors (Lipinski definition) is 4. The van der Waals surface area contributed by atoms with Crippen molar-refractivity contribution in [1.29, 1.82) is 0 Å². The van der Waals surface area contributed by atoms with E-state index in [2.05, 4.69) is 0 Å². The van der Waals surface area contributed by atoms with Crippen LogP contribution >= 0.6 is 0 Å². The molecule has 1 aromatic rings. The smallest absolute Gasteiger partial charge is 0.150 e. The quantitative estimate of drug-likeness (QED) is 0.917. The molecule has 1 saturated heterocycles. The summed E-state index contributed by atoms with van der Waals surface area (Å²) in [5, 5.41) is 10.4. The van der Waals surface area contributed by atoms with E-state index < -0.39 is 15.9 Å². The molecule has 0 aliphatic carbocycles. The third-order valence-corrected chi connectivity index (χ3v) is 5.11. The van der Waals surface area contributed by atoms with Crippen molar-refractivity contribution in [3.05, 3.63) is 29.8 Å². The SMILES string of the molecule is CC(C)Oc1ccccc1C(O)C1CCS(=O)(=O)C1. The molecule has 2 rings (SSSR count). The Morgan fingerprint density at radius 2 is 2.00 bits per heavy atom. The van der Waals surface area contributed by atoms with Gasteiger partial charge in [-0.3, -0.25) is 0 Å². The van der Waals surface area contributed by atoms with Crippen LogP contribution in [0.25, 0.3) is 0 Å². The minimum atomic E-state index is -2.99. The molecule has 1 aliphatic heterocycles. The number of aliphatic hydroxyl groups excluding tert-OH is 1. The molecule has 0 spiro atoms. The molecule has 2 unspecified atom stereocenters. The van der Waals surface area contributed by atoms with Gasteiger partial charge in [0.05, 0.1) is 23.7 Å². The first-order valence-corrected chi connectivity index (χ1v) is 8.35. The topological polar surface area (TPSA) is 63.6 Å². The molecule has 1 fully saturated rings. The van der Waals surface area contributed by atoms with Gasteiger partial charge in [-0.05, 0) is 26.3 Å². The molecule has 0 radical (unpaired) electrons. The van der Waals surface area contributed by atoms with E-state index in [0.29, 0.717) is 17.7 Å². The number of benzene rings is 1. The predicted molar refractivity (Wildman–Crippen MR) is 73.9 cm³/mol. The van der Waals surface area contributed by atoms with Crippen LogP contribution in [0.2, 0.25) is 0 Å². The number of aliphatic hydroxyl groups is 1. The van der Waals surface area contributed by atoms with Gasteiger partial charge in [0.2, 0.25) is 0 Å². The highest BCUT2D eigenvalue weighted by Gasteiger charge is 2.34. The van der Waals surface area contributed by atoms with Gasteiger partial charge >= 0.3 is 0 Å². The van der Waals surface area contributed by atoms with Crippen molar-refractivity contribution in [1.82, 2.24) is 0 Å². The standard InChI is InChI=1S/C14H20O4S/c1-10(2)18-13-6-4-3-5-12(13)14(15)11-7-8-19(16,17)9-11/h3-6,10-11,14-15H,7-9H2,1-2H3. The molecule has 1 aromatic carbocycles. The normalized spacial score (nSPS) is 23.5. The zero-order valence-electron chi connectivity index (χ0n) is 11.2. The Kier molecular flexibility index (Phi) is 4.16. The summed E-state index contributed by atoms with van der Waals surface area (Å²) in [5.41, 5.74) is 0.679. The summed E-state index contributed by atoms with van der Waals surface area (Å²) >= 11 is 0. The lowest BCUT2D eigenvalue weighted by molar-refractivity contribution is 0.114. The molecular formula is C14H20O4S. The minimum absolute atomic E-state index is 0.0145. The Bertz CT molecular complexity index is 536. The second kappa shape index (κ2) is 5.51. The van der Waals surface area contributed by atoms with Gasteiger partial charge in [0.1, 0.15) is 5.75 Å². The van der Waals surface area contributed by atoms with E-state index in [-0.39, 0.29) is 23.5 Å². The second-order valence-corrected chi connectivity index (χ2v) is 7.54. The van der Waals surface area contributed by atoms with Crippen LogP contribution in [0.1, 0.15) is 31.9 Å². The Labute approximate surface area is 114 Å². The maximum absolute atomic E-state index is 11.5.